The van der Waals surface area contributed by atoms with Crippen molar-refractivity contribution in [3.8, 4) is 28.6 Å². The number of hydrogen-bond acceptors (Lipinski definition) is 12. The largest absolute Gasteiger partial charge is 0.508 e. The maximum atomic E-state index is 14.4. The van der Waals surface area contributed by atoms with Crippen LogP contribution >= 0.6 is 0 Å². The SMILES string of the molecule is CCNC(=O)c1nnc(-c2cc(C(C)C)c(O)cc2O)n1-c1ccc(C(=O)N(C)CC[C@]23OB([C@H](CC(C)C)NC(=O)[C@H](Cc4ccccc4)NC(=O)c4cnccn4)O[C@H]2C[C@H]2C[C@@H]3C2(C)C)cc1. The van der Waals surface area contributed by atoms with Crippen LogP contribution in [-0.4, -0.2) is 114 Å². The van der Waals surface area contributed by atoms with Gasteiger partial charge in [-0.1, -0.05) is 71.9 Å². The number of nitrogens with zero attached hydrogens (tertiary/aromatic N) is 6. The Morgan fingerprint density at radius 2 is 1.67 bits per heavy atom. The summed E-state index contributed by atoms with van der Waals surface area (Å²) in [4.78, 5) is 65.1. The molecular formula is C52H64BN9O8. The van der Waals surface area contributed by atoms with Crippen LogP contribution in [0.25, 0.3) is 17.1 Å². The van der Waals surface area contributed by atoms with Crippen LogP contribution in [-0.2, 0) is 20.5 Å². The van der Waals surface area contributed by atoms with Gasteiger partial charge in [-0.05, 0) is 103 Å². The van der Waals surface area contributed by atoms with E-state index in [0.29, 0.717) is 48.7 Å². The third-order valence-corrected chi connectivity index (χ3v) is 14.6. The predicted octanol–water partition coefficient (Wildman–Crippen LogP) is 6.29. The molecule has 3 heterocycles. The molecule has 3 aromatic carbocycles. The summed E-state index contributed by atoms with van der Waals surface area (Å²) in [6, 6.07) is 18.3. The van der Waals surface area contributed by atoms with Gasteiger partial charge in [0.15, 0.2) is 5.82 Å². The Morgan fingerprint density at radius 3 is 2.33 bits per heavy atom. The van der Waals surface area contributed by atoms with E-state index in [0.717, 1.165) is 18.4 Å². The van der Waals surface area contributed by atoms with Crippen LogP contribution in [0, 0.1) is 23.2 Å². The minimum absolute atomic E-state index is 0.0153. The maximum Gasteiger partial charge on any atom is 0.481 e. The fourth-order valence-corrected chi connectivity index (χ4v) is 10.7. The quantitative estimate of drug-likeness (QED) is 0.0612. The summed E-state index contributed by atoms with van der Waals surface area (Å²) in [7, 11) is 0.988. The van der Waals surface area contributed by atoms with E-state index < -0.39 is 36.5 Å². The van der Waals surface area contributed by atoms with Crippen LogP contribution in [0.15, 0.2) is 85.3 Å². The molecule has 5 N–H and O–H groups in total. The molecule has 4 aliphatic rings. The van der Waals surface area contributed by atoms with Crippen molar-refractivity contribution in [2.24, 2.45) is 23.2 Å². The van der Waals surface area contributed by atoms with E-state index in [1.54, 1.807) is 49.2 Å². The average Bonchev–Trinajstić information content (AvgIpc) is 3.96. The second-order valence-corrected chi connectivity index (χ2v) is 20.3. The molecule has 4 amide bonds. The topological polar surface area (TPSA) is 223 Å². The van der Waals surface area contributed by atoms with Crippen LogP contribution in [0.1, 0.15) is 123 Å². The van der Waals surface area contributed by atoms with Crippen molar-refractivity contribution in [3.05, 3.63) is 114 Å². The summed E-state index contributed by atoms with van der Waals surface area (Å²) in [6.45, 7) is 15.0. The molecule has 0 radical (unpaired) electrons. The van der Waals surface area contributed by atoms with Crippen molar-refractivity contribution in [3.63, 3.8) is 0 Å². The fourth-order valence-electron chi connectivity index (χ4n) is 10.7. The van der Waals surface area contributed by atoms with Gasteiger partial charge in [0.1, 0.15) is 23.2 Å². The lowest BCUT2D eigenvalue weighted by atomic mass is 9.43. The van der Waals surface area contributed by atoms with Gasteiger partial charge in [-0.2, -0.15) is 0 Å². The predicted molar refractivity (Wildman–Crippen MR) is 263 cm³/mol. The molecule has 368 valence electrons. The highest BCUT2D eigenvalue weighted by molar-refractivity contribution is 6.48. The van der Waals surface area contributed by atoms with Gasteiger partial charge < -0.3 is 40.4 Å². The molecule has 1 aliphatic heterocycles. The number of carbonyl (C=O) groups excluding carboxylic acids is 4. The van der Waals surface area contributed by atoms with Crippen molar-refractivity contribution >= 4 is 30.7 Å². The minimum atomic E-state index is -0.934. The third-order valence-electron chi connectivity index (χ3n) is 14.6. The van der Waals surface area contributed by atoms with E-state index >= 15 is 0 Å². The highest BCUT2D eigenvalue weighted by atomic mass is 16.7. The molecule has 6 atom stereocenters. The van der Waals surface area contributed by atoms with E-state index in [4.69, 9.17) is 9.31 Å². The van der Waals surface area contributed by atoms with Gasteiger partial charge in [0.2, 0.25) is 11.7 Å². The number of amides is 4. The zero-order chi connectivity index (χ0) is 50.1. The first kappa shape index (κ1) is 49.8. The Balaban J connectivity index is 1.01. The Morgan fingerprint density at radius 1 is 0.929 bits per heavy atom. The zero-order valence-electron chi connectivity index (χ0n) is 41.2. The van der Waals surface area contributed by atoms with Crippen molar-refractivity contribution in [1.82, 2.24) is 45.6 Å². The molecule has 2 bridgehead atoms. The number of benzene rings is 3. The van der Waals surface area contributed by atoms with E-state index in [9.17, 15) is 29.4 Å². The van der Waals surface area contributed by atoms with Crippen LogP contribution in [0.4, 0.5) is 0 Å². The summed E-state index contributed by atoms with van der Waals surface area (Å²) in [5.41, 5.74) is 1.97. The number of phenolic OH excluding ortho intramolecular Hbond substituents is 2. The van der Waals surface area contributed by atoms with Crippen molar-refractivity contribution in [1.29, 1.82) is 0 Å². The molecular weight excluding hydrogens is 889 g/mol. The Labute approximate surface area is 409 Å². The molecule has 3 saturated carbocycles. The molecule has 9 rings (SSSR count). The molecule has 3 aliphatic carbocycles. The number of aromatic nitrogens is 5. The molecule has 0 unspecified atom stereocenters. The van der Waals surface area contributed by atoms with E-state index in [2.05, 4.69) is 63.8 Å². The van der Waals surface area contributed by atoms with Gasteiger partial charge in [0.05, 0.1) is 29.4 Å². The fraction of sp³-hybridized carbons (Fsp3) is 0.462. The summed E-state index contributed by atoms with van der Waals surface area (Å²) in [6.07, 6.45) is 7.07. The van der Waals surface area contributed by atoms with E-state index in [1.807, 2.05) is 44.2 Å². The Bertz CT molecular complexity index is 2700. The summed E-state index contributed by atoms with van der Waals surface area (Å²) >= 11 is 0. The highest BCUT2D eigenvalue weighted by Crippen LogP contribution is 2.67. The lowest BCUT2D eigenvalue weighted by molar-refractivity contribution is -0.210. The summed E-state index contributed by atoms with van der Waals surface area (Å²) in [5, 5.41) is 39.0. The molecule has 17 nitrogen and oxygen atoms in total. The number of hydrogen-bond donors (Lipinski definition) is 5. The van der Waals surface area contributed by atoms with Gasteiger partial charge in [-0.25, -0.2) is 4.98 Å². The molecule has 0 spiro atoms. The van der Waals surface area contributed by atoms with Crippen molar-refractivity contribution < 1.29 is 38.7 Å². The second kappa shape index (κ2) is 20.4. The van der Waals surface area contributed by atoms with Crippen LogP contribution in [0.2, 0.25) is 0 Å². The molecule has 2 aromatic heterocycles. The van der Waals surface area contributed by atoms with Crippen LogP contribution in [0.5, 0.6) is 11.5 Å². The Kier molecular flexibility index (Phi) is 14.5. The first-order valence-corrected chi connectivity index (χ1v) is 24.3. The number of aromatic hydroxyl groups is 2. The molecule has 1 saturated heterocycles. The number of carbonyl (C=O) groups is 4. The molecule has 4 fully saturated rings. The molecule has 70 heavy (non-hydrogen) atoms. The van der Waals surface area contributed by atoms with Gasteiger partial charge in [0, 0.05) is 56.3 Å². The van der Waals surface area contributed by atoms with Crippen LogP contribution < -0.4 is 16.0 Å². The average molecular weight is 954 g/mol. The van der Waals surface area contributed by atoms with E-state index in [-0.39, 0.29) is 81.9 Å². The Hall–Kier alpha value is -6.66. The number of nitrogens with one attached hydrogen (secondary N) is 3. The zero-order valence-corrected chi connectivity index (χ0v) is 41.2. The van der Waals surface area contributed by atoms with E-state index in [1.165, 1.54) is 29.2 Å². The number of phenols is 2. The highest BCUT2D eigenvalue weighted by Gasteiger charge is 2.70. The van der Waals surface area contributed by atoms with Crippen molar-refractivity contribution in [2.45, 2.75) is 110 Å². The van der Waals surface area contributed by atoms with Gasteiger partial charge >= 0.3 is 7.12 Å². The van der Waals surface area contributed by atoms with Crippen molar-refractivity contribution in [2.75, 3.05) is 20.1 Å². The van der Waals surface area contributed by atoms with Gasteiger partial charge in [-0.15, -0.1) is 10.2 Å². The first-order valence-electron chi connectivity index (χ1n) is 24.3. The summed E-state index contributed by atoms with van der Waals surface area (Å²) < 4.78 is 15.6. The lowest BCUT2D eigenvalue weighted by Gasteiger charge is -2.65. The third kappa shape index (κ3) is 9.88. The molecule has 18 heteroatoms. The van der Waals surface area contributed by atoms with Crippen LogP contribution in [0.3, 0.4) is 0 Å². The minimum Gasteiger partial charge on any atom is -0.508 e. The van der Waals surface area contributed by atoms with Gasteiger partial charge in [-0.3, -0.25) is 28.7 Å². The first-order chi connectivity index (χ1) is 33.4. The monoisotopic (exact) mass is 953 g/mol. The summed E-state index contributed by atoms with van der Waals surface area (Å²) in [5.74, 6) is -1.58. The standard InChI is InChI=1S/C52H64BN9O8/c1-9-55-49(67)46-60-59-45(37-27-36(31(4)5)40(63)28-41(37)64)62(46)35-17-15-33(16-18-35)50(68)61(8)22-19-52-42-25-34(51(42,6)7)26-43(52)69-53(70-52)44(23-30(2)3)58-47(65)38(24-32-13-11-10-12-14-32)57-48(66)39-29-54-20-21-56-39/h10-18,20-21,27-31,34,38,42-44,63-64H,9,19,22-26H2,1-8H3,(H,55,67)(H,57,66)(H,58,65)/t34-,38+,42-,43+,44+,52-/m1/s1. The smallest absolute Gasteiger partial charge is 0.481 e. The second-order valence-electron chi connectivity index (χ2n) is 20.3. The normalized spacial score (nSPS) is 20.8. The molecule has 5 aromatic rings. The maximum absolute atomic E-state index is 14.4. The number of rotatable bonds is 18. The van der Waals surface area contributed by atoms with Gasteiger partial charge in [0.25, 0.3) is 17.7 Å². The lowest BCUT2D eigenvalue weighted by Crippen LogP contribution is -2.67.